The molecule has 2 aromatic heterocycles. The summed E-state index contributed by atoms with van der Waals surface area (Å²) in [6, 6.07) is 29.9. The SMILES string of the molecule is C=C1CCN(C(=O)[C@H](OC(N)=O)c2ccccc2)C1c1ncc(-c2ccc(Oc3ccc(-c4cnc(C5C(=C)CCN5C(=O)[C@](C)(OC(N)=O)c5ccccc5C)[nH]4)cc3)cc2)[nH]1. The van der Waals surface area contributed by atoms with E-state index in [1.54, 1.807) is 65.5 Å². The third-order valence-electron chi connectivity index (χ3n) is 11.5. The minimum absolute atomic E-state index is 0.363. The van der Waals surface area contributed by atoms with E-state index >= 15 is 0 Å². The minimum Gasteiger partial charge on any atom is -0.457 e. The lowest BCUT2D eigenvalue weighted by Gasteiger charge is -2.35. The first-order valence-corrected chi connectivity index (χ1v) is 20.3. The lowest BCUT2D eigenvalue weighted by atomic mass is 9.90. The molecule has 0 spiro atoms. The lowest BCUT2D eigenvalue weighted by Crippen LogP contribution is -2.49. The van der Waals surface area contributed by atoms with Crippen molar-refractivity contribution in [2.45, 2.75) is 50.5 Å². The number of amides is 4. The molecule has 4 amide bonds. The van der Waals surface area contributed by atoms with Crippen LogP contribution in [0.25, 0.3) is 22.5 Å². The summed E-state index contributed by atoms with van der Waals surface area (Å²) in [5.74, 6) is 1.44. The molecule has 4 atom stereocenters. The van der Waals surface area contributed by atoms with Crippen LogP contribution in [0.1, 0.15) is 66.3 Å². The number of carbonyl (C=O) groups is 4. The minimum atomic E-state index is -1.66. The summed E-state index contributed by atoms with van der Waals surface area (Å²) in [6.07, 6.45) is 1.21. The fourth-order valence-corrected chi connectivity index (χ4v) is 8.38. The monoisotopic (exact) mass is 846 g/mol. The van der Waals surface area contributed by atoms with Gasteiger partial charge in [-0.15, -0.1) is 0 Å². The highest BCUT2D eigenvalue weighted by molar-refractivity contribution is 5.90. The molecule has 320 valence electrons. The summed E-state index contributed by atoms with van der Waals surface area (Å²) >= 11 is 0. The summed E-state index contributed by atoms with van der Waals surface area (Å²) in [4.78, 5) is 71.2. The smallest absolute Gasteiger partial charge is 0.405 e. The fraction of sp³-hybridized carbons (Fsp3) is 0.208. The number of nitrogens with two attached hydrogens (primary N) is 2. The third-order valence-corrected chi connectivity index (χ3v) is 11.5. The van der Waals surface area contributed by atoms with Gasteiger partial charge in [0.25, 0.3) is 11.8 Å². The summed E-state index contributed by atoms with van der Waals surface area (Å²) in [7, 11) is 0. The number of aryl methyl sites for hydroxylation is 1. The van der Waals surface area contributed by atoms with Crippen LogP contribution in [0.2, 0.25) is 0 Å². The van der Waals surface area contributed by atoms with Gasteiger partial charge < -0.3 is 45.4 Å². The summed E-state index contributed by atoms with van der Waals surface area (Å²) in [6.45, 7) is 12.6. The maximum absolute atomic E-state index is 14.3. The number of carbonyl (C=O) groups excluding carboxylic acids is 4. The van der Waals surface area contributed by atoms with Gasteiger partial charge in [-0.2, -0.15) is 0 Å². The Labute approximate surface area is 363 Å². The average molecular weight is 847 g/mol. The molecule has 4 heterocycles. The molecule has 2 aliphatic rings. The highest BCUT2D eigenvalue weighted by Crippen LogP contribution is 2.41. The molecular weight excluding hydrogens is 801 g/mol. The molecule has 2 fully saturated rings. The number of hydrogen-bond acceptors (Lipinski definition) is 9. The number of benzene rings is 4. The number of H-pyrrole nitrogens is 2. The zero-order chi connectivity index (χ0) is 44.4. The standard InChI is InChI=1S/C48H46N8O7/c1-28-10-8-9-13-36(28)48(4,63-47(50)60)45(58)56-25-23-30(3)40(56)43-52-27-38(54-43)32-16-20-35(21-17-32)61-34-18-14-31(15-19-34)37-26-51-42(53-37)39-29(2)22-24-55(39)44(57)41(62-46(49)59)33-11-6-5-7-12-33/h5-21,26-27,39-41H,2-3,22-25H2,1,4H3,(H2,49,59)(H2,50,60)(H,51,53)(H,52,54)/t39?,40?,41-,48-/m1/s1. The lowest BCUT2D eigenvalue weighted by molar-refractivity contribution is -0.151. The van der Waals surface area contributed by atoms with Crippen molar-refractivity contribution in [1.82, 2.24) is 29.7 Å². The quantitative estimate of drug-likeness (QED) is 0.0876. The molecule has 4 aromatic carbocycles. The second-order valence-electron chi connectivity index (χ2n) is 15.7. The highest BCUT2D eigenvalue weighted by atomic mass is 16.6. The van der Waals surface area contributed by atoms with Gasteiger partial charge in [-0.25, -0.2) is 19.6 Å². The van der Waals surface area contributed by atoms with Crippen molar-refractivity contribution in [2.24, 2.45) is 11.5 Å². The number of hydrogen-bond donors (Lipinski definition) is 4. The van der Waals surface area contributed by atoms with Gasteiger partial charge in [0.2, 0.25) is 11.7 Å². The van der Waals surface area contributed by atoms with E-state index in [0.29, 0.717) is 60.2 Å². The van der Waals surface area contributed by atoms with Gasteiger partial charge in [-0.05, 0) is 103 Å². The van der Waals surface area contributed by atoms with Crippen LogP contribution in [-0.4, -0.2) is 66.8 Å². The number of nitrogens with one attached hydrogen (secondary N) is 2. The van der Waals surface area contributed by atoms with E-state index in [4.69, 9.17) is 25.7 Å². The fourth-order valence-electron chi connectivity index (χ4n) is 8.38. The molecule has 0 bridgehead atoms. The van der Waals surface area contributed by atoms with Gasteiger partial charge in [0.05, 0.1) is 23.8 Å². The summed E-state index contributed by atoms with van der Waals surface area (Å²) < 4.78 is 17.0. The number of rotatable bonds is 12. The van der Waals surface area contributed by atoms with E-state index in [1.165, 1.54) is 0 Å². The molecule has 0 aliphatic carbocycles. The zero-order valence-corrected chi connectivity index (χ0v) is 34.7. The highest BCUT2D eigenvalue weighted by Gasteiger charge is 2.48. The van der Waals surface area contributed by atoms with Crippen LogP contribution in [0.15, 0.2) is 140 Å². The van der Waals surface area contributed by atoms with Crippen LogP contribution in [0.4, 0.5) is 9.59 Å². The van der Waals surface area contributed by atoms with Crippen molar-refractivity contribution in [2.75, 3.05) is 13.1 Å². The largest absolute Gasteiger partial charge is 0.457 e. The maximum atomic E-state index is 14.3. The molecule has 6 aromatic rings. The molecule has 2 aliphatic heterocycles. The Kier molecular flexibility index (Phi) is 11.4. The van der Waals surface area contributed by atoms with Crippen molar-refractivity contribution < 1.29 is 33.4 Å². The van der Waals surface area contributed by atoms with Crippen LogP contribution in [0, 0.1) is 6.92 Å². The van der Waals surface area contributed by atoms with Crippen molar-refractivity contribution in [1.29, 1.82) is 0 Å². The van der Waals surface area contributed by atoms with Gasteiger partial charge in [0, 0.05) is 24.2 Å². The van der Waals surface area contributed by atoms with E-state index < -0.39 is 47.8 Å². The van der Waals surface area contributed by atoms with Gasteiger partial charge in [-0.1, -0.05) is 67.8 Å². The molecular formula is C48H46N8O7. The van der Waals surface area contributed by atoms with Crippen LogP contribution in [-0.2, 0) is 24.7 Å². The van der Waals surface area contributed by atoms with E-state index in [2.05, 4.69) is 33.1 Å². The molecule has 2 unspecified atom stereocenters. The number of aromatic amines is 2. The number of aromatic nitrogens is 4. The first kappa shape index (κ1) is 41.8. The topological polar surface area (TPSA) is 212 Å². The van der Waals surface area contributed by atoms with E-state index in [-0.39, 0.29) is 0 Å². The number of primary amides is 2. The van der Waals surface area contributed by atoms with Crippen LogP contribution in [0.5, 0.6) is 11.5 Å². The molecule has 63 heavy (non-hydrogen) atoms. The average Bonchev–Trinajstić information content (AvgIpc) is 4.10. The summed E-state index contributed by atoms with van der Waals surface area (Å²) in [5, 5.41) is 0. The van der Waals surface area contributed by atoms with E-state index in [1.807, 2.05) is 73.7 Å². The van der Waals surface area contributed by atoms with Gasteiger partial charge in [0.15, 0.2) is 0 Å². The number of ether oxygens (including phenoxy) is 3. The third kappa shape index (κ3) is 8.40. The Morgan fingerprint density at radius 2 is 1.22 bits per heavy atom. The van der Waals surface area contributed by atoms with E-state index in [0.717, 1.165) is 39.2 Å². The number of likely N-dealkylation sites (tertiary alicyclic amines) is 2. The first-order valence-electron chi connectivity index (χ1n) is 20.3. The van der Waals surface area contributed by atoms with Gasteiger partial charge >= 0.3 is 12.2 Å². The second-order valence-corrected chi connectivity index (χ2v) is 15.7. The zero-order valence-electron chi connectivity index (χ0n) is 34.7. The van der Waals surface area contributed by atoms with Crippen LogP contribution >= 0.6 is 0 Å². The Balaban J connectivity index is 0.931. The molecule has 15 nitrogen and oxygen atoms in total. The Hall–Kier alpha value is -7.94. The van der Waals surface area contributed by atoms with Crippen molar-refractivity contribution in [3.05, 3.63) is 168 Å². The molecule has 2 saturated heterocycles. The first-order chi connectivity index (χ1) is 30.3. The van der Waals surface area contributed by atoms with E-state index in [9.17, 15) is 19.2 Å². The summed E-state index contributed by atoms with van der Waals surface area (Å²) in [5.41, 5.74) is 15.7. The predicted octanol–water partition coefficient (Wildman–Crippen LogP) is 8.07. The Bertz CT molecular complexity index is 2710. The predicted molar refractivity (Wildman–Crippen MR) is 234 cm³/mol. The normalized spacial score (nSPS) is 17.6. The Morgan fingerprint density at radius 1 is 0.714 bits per heavy atom. The molecule has 0 saturated carbocycles. The van der Waals surface area contributed by atoms with Gasteiger partial charge in [0.1, 0.15) is 35.2 Å². The van der Waals surface area contributed by atoms with Gasteiger partial charge in [-0.3, -0.25) is 9.59 Å². The molecule has 8 rings (SSSR count). The van der Waals surface area contributed by atoms with Crippen molar-refractivity contribution >= 4 is 24.0 Å². The maximum Gasteiger partial charge on any atom is 0.405 e. The van der Waals surface area contributed by atoms with Crippen LogP contribution < -0.4 is 16.2 Å². The number of nitrogens with zero attached hydrogens (tertiary/aromatic N) is 4. The number of imidazole rings is 2. The van der Waals surface area contributed by atoms with Crippen LogP contribution in [0.3, 0.4) is 0 Å². The Morgan fingerprint density at radius 3 is 1.75 bits per heavy atom. The molecule has 15 heteroatoms. The van der Waals surface area contributed by atoms with Crippen molar-refractivity contribution in [3.63, 3.8) is 0 Å². The molecule has 0 radical (unpaired) electrons. The van der Waals surface area contributed by atoms with Crippen molar-refractivity contribution in [3.8, 4) is 34.0 Å². The second kappa shape index (κ2) is 17.2. The molecule has 6 N–H and O–H groups in total.